The molecule has 0 saturated heterocycles. The van der Waals surface area contributed by atoms with Crippen molar-refractivity contribution in [1.82, 2.24) is 0 Å². The van der Waals surface area contributed by atoms with Gasteiger partial charge >= 0.3 is 5.97 Å². The molecule has 1 heterocycles. The van der Waals surface area contributed by atoms with Gasteiger partial charge in [0.25, 0.3) is 0 Å². The zero-order valence-electron chi connectivity index (χ0n) is 12.5. The molecule has 0 atom stereocenters. The fourth-order valence-corrected chi connectivity index (χ4v) is 2.47. The Balaban J connectivity index is 1.51. The van der Waals surface area contributed by atoms with Crippen molar-refractivity contribution in [3.8, 4) is 23.3 Å². The third-order valence-electron chi connectivity index (χ3n) is 3.27. The summed E-state index contributed by atoms with van der Waals surface area (Å²) in [4.78, 5) is 11.8. The summed E-state index contributed by atoms with van der Waals surface area (Å²) in [6, 6.07) is 12.0. The van der Waals surface area contributed by atoms with E-state index in [-0.39, 0.29) is 20.0 Å². The molecular formula is C17H12BrNO5. The zero-order valence-corrected chi connectivity index (χ0v) is 14.0. The lowest BCUT2D eigenvalue weighted by Gasteiger charge is -2.09. The van der Waals surface area contributed by atoms with Crippen LogP contribution in [0.3, 0.4) is 0 Å². The summed E-state index contributed by atoms with van der Waals surface area (Å²) in [6.07, 6.45) is 0. The molecule has 7 heteroatoms. The van der Waals surface area contributed by atoms with Gasteiger partial charge in [-0.3, -0.25) is 0 Å². The number of carbonyl (C=O) groups excluding carboxylic acids is 1. The van der Waals surface area contributed by atoms with Crippen LogP contribution in [0.25, 0.3) is 0 Å². The molecular weight excluding hydrogens is 378 g/mol. The van der Waals surface area contributed by atoms with Gasteiger partial charge in [0, 0.05) is 10.0 Å². The molecule has 0 bridgehead atoms. The number of ether oxygens (including phenoxy) is 4. The Kier molecular flexibility index (Phi) is 4.87. The van der Waals surface area contributed by atoms with Crippen LogP contribution >= 0.6 is 15.9 Å². The van der Waals surface area contributed by atoms with Crippen molar-refractivity contribution in [2.75, 3.05) is 13.4 Å². The number of carbonyl (C=O) groups is 1. The maximum atomic E-state index is 11.8. The maximum Gasteiger partial charge on any atom is 0.344 e. The molecule has 0 N–H and O–H groups in total. The lowest BCUT2D eigenvalue weighted by atomic mass is 10.2. The molecule has 0 aromatic heterocycles. The highest BCUT2D eigenvalue weighted by atomic mass is 79.9. The summed E-state index contributed by atoms with van der Waals surface area (Å²) < 4.78 is 21.8. The average molecular weight is 390 g/mol. The molecule has 0 unspecified atom stereocenters. The summed E-state index contributed by atoms with van der Waals surface area (Å²) in [5, 5.41) is 8.72. The molecule has 24 heavy (non-hydrogen) atoms. The van der Waals surface area contributed by atoms with Crippen LogP contribution in [0.15, 0.2) is 40.9 Å². The largest absolute Gasteiger partial charge is 0.482 e. The van der Waals surface area contributed by atoms with Crippen LogP contribution in [0.4, 0.5) is 0 Å². The highest BCUT2D eigenvalue weighted by Gasteiger charge is 2.17. The monoisotopic (exact) mass is 389 g/mol. The van der Waals surface area contributed by atoms with E-state index in [1.54, 1.807) is 36.4 Å². The van der Waals surface area contributed by atoms with Crippen LogP contribution in [0.2, 0.25) is 0 Å². The molecule has 1 aliphatic rings. The van der Waals surface area contributed by atoms with Crippen molar-refractivity contribution in [1.29, 1.82) is 5.26 Å². The van der Waals surface area contributed by atoms with Gasteiger partial charge in [-0.25, -0.2) is 4.79 Å². The Morgan fingerprint density at radius 2 is 1.92 bits per heavy atom. The van der Waals surface area contributed by atoms with Gasteiger partial charge in [-0.2, -0.15) is 5.26 Å². The van der Waals surface area contributed by atoms with Gasteiger partial charge in [0.1, 0.15) is 12.4 Å². The first-order valence-electron chi connectivity index (χ1n) is 7.02. The SMILES string of the molecule is N#Cc1ccc(OCC(=O)OCc2cc3c(cc2Br)OCO3)cc1. The van der Waals surface area contributed by atoms with Gasteiger partial charge in [-0.1, -0.05) is 15.9 Å². The Hall–Kier alpha value is -2.72. The van der Waals surface area contributed by atoms with Crippen molar-refractivity contribution in [3.63, 3.8) is 0 Å². The van der Waals surface area contributed by atoms with Crippen LogP contribution < -0.4 is 14.2 Å². The first kappa shape index (κ1) is 16.1. The first-order chi connectivity index (χ1) is 11.7. The lowest BCUT2D eigenvalue weighted by molar-refractivity contribution is -0.147. The Morgan fingerprint density at radius 1 is 1.21 bits per heavy atom. The Labute approximate surface area is 146 Å². The molecule has 122 valence electrons. The number of halogens is 1. The minimum atomic E-state index is -0.496. The fraction of sp³-hybridized carbons (Fsp3) is 0.176. The van der Waals surface area contributed by atoms with E-state index in [1.807, 2.05) is 6.07 Å². The second-order valence-corrected chi connectivity index (χ2v) is 5.74. The van der Waals surface area contributed by atoms with Crippen molar-refractivity contribution in [2.24, 2.45) is 0 Å². The molecule has 2 aromatic carbocycles. The highest BCUT2D eigenvalue weighted by Crippen LogP contribution is 2.37. The number of hydrogen-bond acceptors (Lipinski definition) is 6. The standard InChI is InChI=1S/C17H12BrNO5/c18-14-6-16-15(23-10-24-16)5-12(14)8-22-17(20)9-21-13-3-1-11(7-19)2-4-13/h1-6H,8-10H2. The minimum Gasteiger partial charge on any atom is -0.482 e. The Morgan fingerprint density at radius 3 is 2.62 bits per heavy atom. The quantitative estimate of drug-likeness (QED) is 0.730. The van der Waals surface area contributed by atoms with Gasteiger partial charge in [-0.15, -0.1) is 0 Å². The number of rotatable bonds is 5. The van der Waals surface area contributed by atoms with Crippen LogP contribution in [0, 0.1) is 11.3 Å². The van der Waals surface area contributed by atoms with Crippen molar-refractivity contribution >= 4 is 21.9 Å². The van der Waals surface area contributed by atoms with Crippen LogP contribution in [0.1, 0.15) is 11.1 Å². The third-order valence-corrected chi connectivity index (χ3v) is 4.01. The highest BCUT2D eigenvalue weighted by molar-refractivity contribution is 9.10. The summed E-state index contributed by atoms with van der Waals surface area (Å²) in [6.45, 7) is 0.0598. The molecule has 0 spiro atoms. The number of esters is 1. The number of hydrogen-bond donors (Lipinski definition) is 0. The number of benzene rings is 2. The smallest absolute Gasteiger partial charge is 0.344 e. The Bertz CT molecular complexity index is 798. The number of fused-ring (bicyclic) bond motifs is 1. The van der Waals surface area contributed by atoms with Crippen molar-refractivity contribution in [3.05, 3.63) is 52.0 Å². The van der Waals surface area contributed by atoms with Gasteiger partial charge in [0.05, 0.1) is 11.6 Å². The second kappa shape index (κ2) is 7.23. The molecule has 1 aliphatic heterocycles. The summed E-state index contributed by atoms with van der Waals surface area (Å²) in [5.41, 5.74) is 1.29. The molecule has 0 amide bonds. The second-order valence-electron chi connectivity index (χ2n) is 4.88. The summed E-state index contributed by atoms with van der Waals surface area (Å²) in [7, 11) is 0. The van der Waals surface area contributed by atoms with Gasteiger partial charge in [-0.05, 0) is 36.4 Å². The molecule has 2 aromatic rings. The van der Waals surface area contributed by atoms with Crippen LogP contribution in [-0.2, 0) is 16.1 Å². The predicted octanol–water partition coefficient (Wildman–Crippen LogP) is 3.17. The van der Waals surface area contributed by atoms with E-state index in [9.17, 15) is 4.79 Å². The van der Waals surface area contributed by atoms with E-state index in [0.29, 0.717) is 22.8 Å². The first-order valence-corrected chi connectivity index (χ1v) is 7.81. The normalized spacial score (nSPS) is 11.7. The van der Waals surface area contributed by atoms with E-state index in [4.69, 9.17) is 24.2 Å². The summed E-state index contributed by atoms with van der Waals surface area (Å²) in [5.74, 6) is 1.28. The lowest BCUT2D eigenvalue weighted by Crippen LogP contribution is -2.14. The van der Waals surface area contributed by atoms with E-state index < -0.39 is 5.97 Å². The molecule has 0 fully saturated rings. The molecule has 0 radical (unpaired) electrons. The maximum absolute atomic E-state index is 11.8. The van der Waals surface area contributed by atoms with Crippen LogP contribution in [-0.4, -0.2) is 19.4 Å². The molecule has 3 rings (SSSR count). The summed E-state index contributed by atoms with van der Waals surface area (Å²) >= 11 is 3.40. The van der Waals surface area contributed by atoms with Crippen molar-refractivity contribution in [2.45, 2.75) is 6.61 Å². The van der Waals surface area contributed by atoms with Crippen LogP contribution in [0.5, 0.6) is 17.2 Å². The van der Waals surface area contributed by atoms with E-state index >= 15 is 0 Å². The third kappa shape index (κ3) is 3.78. The van der Waals surface area contributed by atoms with E-state index in [2.05, 4.69) is 15.9 Å². The minimum absolute atomic E-state index is 0.0901. The van der Waals surface area contributed by atoms with Gasteiger partial charge in [0.15, 0.2) is 18.1 Å². The zero-order chi connectivity index (χ0) is 16.9. The average Bonchev–Trinajstić information content (AvgIpc) is 3.05. The van der Waals surface area contributed by atoms with E-state index in [1.165, 1.54) is 0 Å². The van der Waals surface area contributed by atoms with Gasteiger partial charge < -0.3 is 18.9 Å². The van der Waals surface area contributed by atoms with Crippen molar-refractivity contribution < 1.29 is 23.7 Å². The van der Waals surface area contributed by atoms with Gasteiger partial charge in [0.2, 0.25) is 6.79 Å². The fourth-order valence-electron chi connectivity index (χ4n) is 2.04. The molecule has 6 nitrogen and oxygen atoms in total. The predicted molar refractivity (Wildman–Crippen MR) is 86.7 cm³/mol. The molecule has 0 aliphatic carbocycles. The number of nitrogens with zero attached hydrogens (tertiary/aromatic N) is 1. The topological polar surface area (TPSA) is 77.8 Å². The molecule has 0 saturated carbocycles. The number of nitriles is 1. The van der Waals surface area contributed by atoms with E-state index in [0.717, 1.165) is 10.0 Å².